The molecule has 0 unspecified atom stereocenters. The average Bonchev–Trinajstić information content (AvgIpc) is 2.95. The number of nitrogens with two attached hydrogens (primary N) is 1. The monoisotopic (exact) mass is 380 g/mol. The first-order valence-electron chi connectivity index (χ1n) is 8.14. The predicted octanol–water partition coefficient (Wildman–Crippen LogP) is 2.74. The van der Waals surface area contributed by atoms with E-state index < -0.39 is 5.91 Å². The van der Waals surface area contributed by atoms with Crippen molar-refractivity contribution < 1.29 is 4.79 Å². The number of pyridine rings is 1. The molecule has 0 saturated carbocycles. The maximum absolute atomic E-state index is 11.5. The third-order valence-electron chi connectivity index (χ3n) is 4.28. The number of halogens is 1. The van der Waals surface area contributed by atoms with Crippen molar-refractivity contribution in [1.29, 1.82) is 5.26 Å². The minimum Gasteiger partial charge on any atom is -0.289 e. The van der Waals surface area contributed by atoms with Crippen LogP contribution < -0.4 is 11.3 Å². The summed E-state index contributed by atoms with van der Waals surface area (Å²) < 4.78 is 1.87. The summed E-state index contributed by atoms with van der Waals surface area (Å²) in [7, 11) is 0. The van der Waals surface area contributed by atoms with Crippen LogP contribution in [0.25, 0.3) is 11.1 Å². The molecular formula is C19H17ClN6O. The van der Waals surface area contributed by atoms with Gasteiger partial charge in [-0.1, -0.05) is 23.7 Å². The molecule has 136 valence electrons. The van der Waals surface area contributed by atoms with Crippen LogP contribution in [0, 0.1) is 25.2 Å². The number of nitrogens with one attached hydrogen (secondary N) is 1. The van der Waals surface area contributed by atoms with Gasteiger partial charge in [0.1, 0.15) is 11.8 Å². The van der Waals surface area contributed by atoms with Crippen LogP contribution in [-0.4, -0.2) is 20.7 Å². The van der Waals surface area contributed by atoms with E-state index in [2.05, 4.69) is 21.6 Å². The van der Waals surface area contributed by atoms with E-state index in [0.29, 0.717) is 17.1 Å². The van der Waals surface area contributed by atoms with Crippen molar-refractivity contribution in [1.82, 2.24) is 20.2 Å². The summed E-state index contributed by atoms with van der Waals surface area (Å²) in [6, 6.07) is 10.8. The number of hydrazine groups is 1. The maximum atomic E-state index is 11.5. The molecule has 3 rings (SSSR count). The molecule has 7 nitrogen and oxygen atoms in total. The van der Waals surface area contributed by atoms with Crippen molar-refractivity contribution in [3.63, 3.8) is 0 Å². The molecule has 0 saturated heterocycles. The van der Waals surface area contributed by atoms with Gasteiger partial charge in [0.25, 0.3) is 5.91 Å². The molecule has 8 heteroatoms. The van der Waals surface area contributed by atoms with E-state index in [0.717, 1.165) is 28.1 Å². The van der Waals surface area contributed by atoms with Gasteiger partial charge in [-0.05, 0) is 43.2 Å². The molecule has 0 radical (unpaired) electrons. The zero-order valence-electron chi connectivity index (χ0n) is 14.8. The molecule has 0 atom stereocenters. The lowest BCUT2D eigenvalue weighted by Crippen LogP contribution is -2.30. The van der Waals surface area contributed by atoms with Crippen LogP contribution in [0.4, 0.5) is 0 Å². The van der Waals surface area contributed by atoms with Crippen LogP contribution in [0.5, 0.6) is 0 Å². The highest BCUT2D eigenvalue weighted by Crippen LogP contribution is 2.30. The summed E-state index contributed by atoms with van der Waals surface area (Å²) in [5.41, 5.74) is 7.37. The zero-order valence-corrected chi connectivity index (χ0v) is 15.6. The Morgan fingerprint density at radius 2 is 2.11 bits per heavy atom. The first-order chi connectivity index (χ1) is 12.9. The van der Waals surface area contributed by atoms with Gasteiger partial charge in [0, 0.05) is 17.5 Å². The lowest BCUT2D eigenvalue weighted by atomic mass is 10.0. The van der Waals surface area contributed by atoms with Crippen molar-refractivity contribution in [3.05, 3.63) is 69.8 Å². The Hall–Kier alpha value is -3.21. The Morgan fingerprint density at radius 1 is 1.33 bits per heavy atom. The van der Waals surface area contributed by atoms with Crippen LogP contribution in [0.15, 0.2) is 36.5 Å². The molecule has 0 spiro atoms. The van der Waals surface area contributed by atoms with Gasteiger partial charge < -0.3 is 0 Å². The topological polar surface area (TPSA) is 110 Å². The fourth-order valence-corrected chi connectivity index (χ4v) is 3.15. The number of carbonyl (C=O) groups excluding carboxylic acids is 1. The number of benzene rings is 1. The second-order valence-electron chi connectivity index (χ2n) is 6.04. The third-order valence-corrected chi connectivity index (χ3v) is 4.59. The van der Waals surface area contributed by atoms with Crippen LogP contribution in [0.1, 0.15) is 33.0 Å². The number of hydrogen-bond acceptors (Lipinski definition) is 5. The van der Waals surface area contributed by atoms with E-state index in [-0.39, 0.29) is 5.69 Å². The Labute approximate surface area is 161 Å². The van der Waals surface area contributed by atoms with Crippen LogP contribution in [0.2, 0.25) is 5.02 Å². The Bertz CT molecular complexity index is 1050. The molecule has 0 aliphatic carbocycles. The molecule has 2 aromatic heterocycles. The summed E-state index contributed by atoms with van der Waals surface area (Å²) in [5, 5.41) is 14.1. The maximum Gasteiger partial charge on any atom is 0.283 e. The number of aryl methyl sites for hydroxylation is 1. The lowest BCUT2D eigenvalue weighted by Gasteiger charge is -2.07. The molecule has 0 fully saturated rings. The van der Waals surface area contributed by atoms with E-state index in [1.165, 1.54) is 0 Å². The number of aromatic nitrogens is 3. The highest BCUT2D eigenvalue weighted by molar-refractivity contribution is 6.32. The molecule has 0 aliphatic heterocycles. The summed E-state index contributed by atoms with van der Waals surface area (Å²) in [5.74, 6) is 4.67. The van der Waals surface area contributed by atoms with Crippen LogP contribution in [-0.2, 0) is 6.54 Å². The van der Waals surface area contributed by atoms with E-state index >= 15 is 0 Å². The van der Waals surface area contributed by atoms with Crippen molar-refractivity contribution in [2.45, 2.75) is 20.4 Å². The number of nitrogens with zero attached hydrogens (tertiary/aromatic N) is 4. The summed E-state index contributed by atoms with van der Waals surface area (Å²) in [6.45, 7) is 4.41. The highest BCUT2D eigenvalue weighted by atomic mass is 35.5. The zero-order chi connectivity index (χ0) is 19.6. The van der Waals surface area contributed by atoms with Gasteiger partial charge in [0.05, 0.1) is 22.8 Å². The number of nitrogen functional groups attached to an aromatic ring is 1. The molecule has 3 aromatic rings. The van der Waals surface area contributed by atoms with Gasteiger partial charge in [-0.15, -0.1) is 0 Å². The van der Waals surface area contributed by atoms with Crippen molar-refractivity contribution >= 4 is 17.5 Å². The first kappa shape index (κ1) is 18.6. The third kappa shape index (κ3) is 3.67. The summed E-state index contributed by atoms with van der Waals surface area (Å²) >= 11 is 6.17. The molecule has 0 bridgehead atoms. The fourth-order valence-electron chi connectivity index (χ4n) is 2.93. The molecule has 1 amide bonds. The minimum absolute atomic E-state index is 0.252. The predicted molar refractivity (Wildman–Crippen MR) is 102 cm³/mol. The number of carbonyl (C=O) groups is 1. The fraction of sp³-hybridized carbons (Fsp3) is 0.158. The first-order valence-corrected chi connectivity index (χ1v) is 8.52. The van der Waals surface area contributed by atoms with Crippen molar-refractivity contribution in [2.75, 3.05) is 0 Å². The molecule has 2 heterocycles. The van der Waals surface area contributed by atoms with Gasteiger partial charge >= 0.3 is 0 Å². The number of rotatable bonds is 4. The Balaban J connectivity index is 1.91. The molecular weight excluding hydrogens is 364 g/mol. The second-order valence-corrected chi connectivity index (χ2v) is 6.44. The number of hydrogen-bond donors (Lipinski definition) is 2. The molecule has 27 heavy (non-hydrogen) atoms. The van der Waals surface area contributed by atoms with Gasteiger partial charge in [-0.25, -0.2) is 5.84 Å². The van der Waals surface area contributed by atoms with Gasteiger partial charge in [-0.3, -0.25) is 19.9 Å². The van der Waals surface area contributed by atoms with Gasteiger partial charge in [0.15, 0.2) is 0 Å². The lowest BCUT2D eigenvalue weighted by molar-refractivity contribution is 0.0948. The largest absolute Gasteiger partial charge is 0.289 e. The van der Waals surface area contributed by atoms with Crippen molar-refractivity contribution in [2.24, 2.45) is 5.84 Å². The smallest absolute Gasteiger partial charge is 0.283 e. The molecule has 3 N–H and O–H groups in total. The molecule has 0 aliphatic rings. The standard InChI is InChI=1S/C19H17ClN6O/c1-11-18(14-4-5-15(8-21)16(20)7-14)12(2)26(25-11)10-13-3-6-17(23-9-13)19(27)24-22/h3-7,9H,10,22H2,1-2H3,(H,24,27). The normalized spacial score (nSPS) is 10.5. The SMILES string of the molecule is Cc1nn(Cc2ccc(C(=O)NN)nc2)c(C)c1-c1ccc(C#N)c(Cl)c1. The van der Waals surface area contributed by atoms with Gasteiger partial charge in [-0.2, -0.15) is 10.4 Å². The Kier molecular flexibility index (Phi) is 5.21. The Morgan fingerprint density at radius 3 is 2.70 bits per heavy atom. The summed E-state index contributed by atoms with van der Waals surface area (Å²) in [6.07, 6.45) is 1.62. The second kappa shape index (κ2) is 7.58. The average molecular weight is 381 g/mol. The van der Waals surface area contributed by atoms with E-state index in [9.17, 15) is 4.79 Å². The number of nitriles is 1. The van der Waals surface area contributed by atoms with Crippen molar-refractivity contribution in [3.8, 4) is 17.2 Å². The van der Waals surface area contributed by atoms with E-state index in [4.69, 9.17) is 22.7 Å². The highest BCUT2D eigenvalue weighted by Gasteiger charge is 2.15. The summed E-state index contributed by atoms with van der Waals surface area (Å²) in [4.78, 5) is 15.6. The van der Waals surface area contributed by atoms with E-state index in [1.807, 2.05) is 30.7 Å². The van der Waals surface area contributed by atoms with Crippen LogP contribution >= 0.6 is 11.6 Å². The minimum atomic E-state index is -0.437. The number of amides is 1. The van der Waals surface area contributed by atoms with Gasteiger partial charge in [0.2, 0.25) is 0 Å². The van der Waals surface area contributed by atoms with Crippen LogP contribution in [0.3, 0.4) is 0 Å². The molecule has 1 aromatic carbocycles. The van der Waals surface area contributed by atoms with E-state index in [1.54, 1.807) is 24.4 Å². The quantitative estimate of drug-likeness (QED) is 0.411.